The van der Waals surface area contributed by atoms with Crippen LogP contribution in [0.2, 0.25) is 0 Å². The topological polar surface area (TPSA) is 0 Å². The molecule has 1 saturated carbocycles. The highest BCUT2D eigenvalue weighted by Gasteiger charge is 2.45. The lowest BCUT2D eigenvalue weighted by molar-refractivity contribution is 0.291. The summed E-state index contributed by atoms with van der Waals surface area (Å²) >= 11 is 0. The van der Waals surface area contributed by atoms with Crippen LogP contribution in [0.15, 0.2) is 12.1 Å². The van der Waals surface area contributed by atoms with Crippen LogP contribution in [-0.4, -0.2) is 0 Å². The molecule has 41 heavy (non-hydrogen) atoms. The Morgan fingerprint density at radius 1 is 0.707 bits per heavy atom. The Morgan fingerprint density at radius 3 is 1.78 bits per heavy atom. The van der Waals surface area contributed by atoms with Crippen molar-refractivity contribution in [2.75, 3.05) is 0 Å². The highest BCUT2D eigenvalue weighted by Crippen LogP contribution is 2.55. The average molecular weight is 577 g/mol. The van der Waals surface area contributed by atoms with Crippen molar-refractivity contribution in [2.24, 2.45) is 41.4 Å². The zero-order valence-electron chi connectivity index (χ0n) is 29.4. The van der Waals surface area contributed by atoms with E-state index in [1.807, 2.05) is 0 Å². The summed E-state index contributed by atoms with van der Waals surface area (Å²) in [5.41, 5.74) is 16.2. The van der Waals surface area contributed by atoms with Gasteiger partial charge in [-0.05, 0) is 161 Å². The van der Waals surface area contributed by atoms with E-state index in [2.05, 4.69) is 116 Å². The Bertz CT molecular complexity index is 1220. The molecule has 0 heterocycles. The van der Waals surface area contributed by atoms with E-state index in [0.717, 1.165) is 23.7 Å². The van der Waals surface area contributed by atoms with E-state index in [4.69, 9.17) is 0 Å². The molecule has 0 N–H and O–H groups in total. The van der Waals surface area contributed by atoms with Gasteiger partial charge in [-0.3, -0.25) is 0 Å². The molecular formula is C40H64S. The van der Waals surface area contributed by atoms with E-state index >= 15 is 0 Å². The van der Waals surface area contributed by atoms with Crippen molar-refractivity contribution in [1.82, 2.24) is 0 Å². The summed E-state index contributed by atoms with van der Waals surface area (Å²) in [6.45, 7) is 36.9. The molecule has 0 radical (unpaired) electrons. The van der Waals surface area contributed by atoms with Crippen molar-refractivity contribution in [3.8, 4) is 0 Å². The third kappa shape index (κ3) is 5.84. The SMILES string of the molecule is Cc1cc([C@@H](C)[C@H](C)[C@H]2Cc3cc(C)c(C4[C@@H](C)[C@@H](C)[C@@H](C)[C@H]4C)c(C)c3[C@H]2C)c(C(C)C)c(CC(C)C)c1C.S. The van der Waals surface area contributed by atoms with E-state index in [-0.39, 0.29) is 13.5 Å². The zero-order chi connectivity index (χ0) is 30.0. The smallest absolute Gasteiger partial charge is 0.00999 e. The molecule has 0 aliphatic heterocycles. The molecular weight excluding hydrogens is 513 g/mol. The number of benzene rings is 2. The fourth-order valence-corrected chi connectivity index (χ4v) is 9.73. The molecule has 0 nitrogen and oxygen atoms in total. The maximum atomic E-state index is 2.62. The van der Waals surface area contributed by atoms with Gasteiger partial charge in [-0.25, -0.2) is 0 Å². The number of rotatable bonds is 7. The Labute approximate surface area is 262 Å². The minimum absolute atomic E-state index is 0. The lowest BCUT2D eigenvalue weighted by Gasteiger charge is -2.34. The third-order valence-electron chi connectivity index (χ3n) is 12.7. The largest absolute Gasteiger partial charge is 0.197 e. The third-order valence-corrected chi connectivity index (χ3v) is 12.7. The van der Waals surface area contributed by atoms with Gasteiger partial charge in [-0.2, -0.15) is 13.5 Å². The van der Waals surface area contributed by atoms with Gasteiger partial charge in [0.2, 0.25) is 0 Å². The summed E-state index contributed by atoms with van der Waals surface area (Å²) in [6.07, 6.45) is 2.43. The van der Waals surface area contributed by atoms with Crippen LogP contribution >= 0.6 is 13.5 Å². The normalized spacial score (nSPS) is 29.1. The molecule has 0 amide bonds. The molecule has 2 aliphatic rings. The van der Waals surface area contributed by atoms with E-state index < -0.39 is 0 Å². The molecule has 1 fully saturated rings. The zero-order valence-corrected chi connectivity index (χ0v) is 30.4. The second-order valence-corrected chi connectivity index (χ2v) is 15.6. The van der Waals surface area contributed by atoms with Gasteiger partial charge in [-0.15, -0.1) is 0 Å². The first-order valence-electron chi connectivity index (χ1n) is 16.9. The summed E-state index contributed by atoms with van der Waals surface area (Å²) in [7, 11) is 0. The van der Waals surface area contributed by atoms with Crippen molar-refractivity contribution in [3.05, 3.63) is 67.8 Å². The van der Waals surface area contributed by atoms with Gasteiger partial charge >= 0.3 is 0 Å². The lowest BCUT2D eigenvalue weighted by atomic mass is 9.71. The molecule has 2 aromatic carbocycles. The van der Waals surface area contributed by atoms with E-state index in [0.29, 0.717) is 41.4 Å². The molecule has 230 valence electrons. The monoisotopic (exact) mass is 576 g/mol. The first kappa shape index (κ1) is 34.3. The fraction of sp³-hybridized carbons (Fsp3) is 0.700. The van der Waals surface area contributed by atoms with Crippen LogP contribution in [-0.2, 0) is 12.8 Å². The summed E-state index contributed by atoms with van der Waals surface area (Å²) in [6, 6.07) is 5.19. The van der Waals surface area contributed by atoms with Crippen LogP contribution in [0.25, 0.3) is 0 Å². The molecule has 0 aromatic heterocycles. The summed E-state index contributed by atoms with van der Waals surface area (Å²) in [5.74, 6) is 7.56. The van der Waals surface area contributed by atoms with Crippen LogP contribution in [0.4, 0.5) is 0 Å². The van der Waals surface area contributed by atoms with Gasteiger partial charge in [0.05, 0.1) is 0 Å². The van der Waals surface area contributed by atoms with Gasteiger partial charge in [0, 0.05) is 0 Å². The van der Waals surface area contributed by atoms with Crippen molar-refractivity contribution in [1.29, 1.82) is 0 Å². The van der Waals surface area contributed by atoms with E-state index in [1.54, 1.807) is 44.5 Å². The molecule has 2 aromatic rings. The van der Waals surface area contributed by atoms with Crippen molar-refractivity contribution in [2.45, 2.75) is 140 Å². The second-order valence-electron chi connectivity index (χ2n) is 15.6. The van der Waals surface area contributed by atoms with Crippen molar-refractivity contribution < 1.29 is 0 Å². The number of hydrogen-bond donors (Lipinski definition) is 0. The Hall–Kier alpha value is -1.21. The van der Waals surface area contributed by atoms with Gasteiger partial charge in [0.1, 0.15) is 0 Å². The summed E-state index contributed by atoms with van der Waals surface area (Å²) in [4.78, 5) is 0. The number of fused-ring (bicyclic) bond motifs is 1. The summed E-state index contributed by atoms with van der Waals surface area (Å²) < 4.78 is 0. The predicted molar refractivity (Wildman–Crippen MR) is 187 cm³/mol. The van der Waals surface area contributed by atoms with E-state index in [1.165, 1.54) is 24.0 Å². The maximum absolute atomic E-state index is 2.62. The van der Waals surface area contributed by atoms with Gasteiger partial charge < -0.3 is 0 Å². The minimum atomic E-state index is 0. The summed E-state index contributed by atoms with van der Waals surface area (Å²) in [5, 5.41) is 0. The highest BCUT2D eigenvalue weighted by atomic mass is 32.1. The Balaban J connectivity index is 0.00000462. The number of hydrogen-bond acceptors (Lipinski definition) is 0. The van der Waals surface area contributed by atoms with Crippen molar-refractivity contribution >= 4 is 13.5 Å². The first-order valence-corrected chi connectivity index (χ1v) is 16.9. The van der Waals surface area contributed by atoms with Gasteiger partial charge in [-0.1, -0.05) is 88.3 Å². The Morgan fingerprint density at radius 2 is 1.27 bits per heavy atom. The standard InChI is InChI=1S/C40H62.H2S/c1-20(2)16-35-24(7)22(5)18-36(37(35)21(3)4)28(11)27(10)34-19-33-17-23(6)38(32(15)39(33)31(34)14)40-29(12)25(8)26(9)30(40)13;/h17-18,20-21,25-31,34,40H,16,19H2,1-15H3;1H2/t25-,26+,27-,28-,29-,30+,31-,34+,40?;/m0./s1. The molecule has 0 bridgehead atoms. The average Bonchev–Trinajstić information content (AvgIpc) is 3.29. The maximum Gasteiger partial charge on any atom is -0.00999 e. The molecule has 9 atom stereocenters. The lowest BCUT2D eigenvalue weighted by Crippen LogP contribution is -2.23. The predicted octanol–water partition coefficient (Wildman–Crippen LogP) is 11.7. The quantitative estimate of drug-likeness (QED) is 0.307. The van der Waals surface area contributed by atoms with Crippen LogP contribution in [0, 0.1) is 69.1 Å². The van der Waals surface area contributed by atoms with Crippen LogP contribution < -0.4 is 0 Å². The second kappa shape index (κ2) is 12.8. The molecule has 1 heteroatoms. The molecule has 2 aliphatic carbocycles. The van der Waals surface area contributed by atoms with Gasteiger partial charge in [0.25, 0.3) is 0 Å². The van der Waals surface area contributed by atoms with E-state index in [9.17, 15) is 0 Å². The minimum Gasteiger partial charge on any atom is -0.197 e. The molecule has 4 rings (SSSR count). The van der Waals surface area contributed by atoms with Crippen LogP contribution in [0.5, 0.6) is 0 Å². The van der Waals surface area contributed by atoms with Crippen LogP contribution in [0.3, 0.4) is 0 Å². The molecule has 0 saturated heterocycles. The molecule has 0 spiro atoms. The molecule has 1 unspecified atom stereocenters. The van der Waals surface area contributed by atoms with Crippen molar-refractivity contribution in [3.63, 3.8) is 0 Å². The highest BCUT2D eigenvalue weighted by molar-refractivity contribution is 7.59. The van der Waals surface area contributed by atoms with Crippen LogP contribution in [0.1, 0.15) is 155 Å². The Kier molecular flexibility index (Phi) is 10.7. The number of aryl methyl sites for hydroxylation is 2. The fourth-order valence-electron chi connectivity index (χ4n) is 9.73. The van der Waals surface area contributed by atoms with Gasteiger partial charge in [0.15, 0.2) is 0 Å². The first-order chi connectivity index (χ1) is 18.6.